The van der Waals surface area contributed by atoms with Gasteiger partial charge in [0.05, 0.1) is 11.4 Å². The van der Waals surface area contributed by atoms with E-state index >= 15 is 0 Å². The third-order valence-electron chi connectivity index (χ3n) is 1.93. The van der Waals surface area contributed by atoms with Gasteiger partial charge < -0.3 is 11.1 Å². The van der Waals surface area contributed by atoms with Gasteiger partial charge >= 0.3 is 0 Å². The molecule has 1 heterocycles. The Morgan fingerprint density at radius 2 is 2.39 bits per heavy atom. The molecule has 94 valence electrons. The van der Waals surface area contributed by atoms with E-state index < -0.39 is 5.82 Å². The molecule has 2 aromatic rings. The number of nitrogens with one attached hydrogen (secondary N) is 1. The molecule has 0 aliphatic rings. The molecule has 0 saturated heterocycles. The Hall–Kier alpha value is -1.67. The zero-order chi connectivity index (χ0) is 13.0. The summed E-state index contributed by atoms with van der Waals surface area (Å²) in [6.07, 6.45) is 1.42. The van der Waals surface area contributed by atoms with Gasteiger partial charge in [-0.3, -0.25) is 4.79 Å². The van der Waals surface area contributed by atoms with Gasteiger partial charge in [-0.25, -0.2) is 9.37 Å². The van der Waals surface area contributed by atoms with Crippen molar-refractivity contribution in [2.24, 2.45) is 0 Å². The zero-order valence-corrected chi connectivity index (χ0v) is 10.7. The van der Waals surface area contributed by atoms with Crippen molar-refractivity contribution in [3.05, 3.63) is 30.3 Å². The highest BCUT2D eigenvalue weighted by Crippen LogP contribution is 2.20. The number of amides is 1. The van der Waals surface area contributed by atoms with Gasteiger partial charge in [-0.05, 0) is 29.7 Å². The van der Waals surface area contributed by atoms with Crippen LogP contribution in [0, 0.1) is 5.82 Å². The largest absolute Gasteiger partial charge is 0.399 e. The van der Waals surface area contributed by atoms with E-state index in [9.17, 15) is 9.18 Å². The molecule has 0 atom stereocenters. The Bertz CT molecular complexity index is 547. The van der Waals surface area contributed by atoms with Crippen molar-refractivity contribution in [1.82, 2.24) is 9.36 Å². The van der Waals surface area contributed by atoms with Gasteiger partial charge in [-0.1, -0.05) is 11.8 Å². The number of aromatic nitrogens is 2. The summed E-state index contributed by atoms with van der Waals surface area (Å²) in [5, 5.41) is 2.46. The van der Waals surface area contributed by atoms with Crippen molar-refractivity contribution in [1.29, 1.82) is 0 Å². The molecule has 3 N–H and O–H groups in total. The summed E-state index contributed by atoms with van der Waals surface area (Å²) in [4.78, 5) is 15.5. The Balaban J connectivity index is 1.92. The highest BCUT2D eigenvalue weighted by molar-refractivity contribution is 8.01. The maximum atomic E-state index is 13.3. The van der Waals surface area contributed by atoms with Crippen LogP contribution < -0.4 is 11.1 Å². The normalized spacial score (nSPS) is 10.3. The van der Waals surface area contributed by atoms with E-state index in [2.05, 4.69) is 14.7 Å². The highest BCUT2D eigenvalue weighted by Gasteiger charge is 2.09. The van der Waals surface area contributed by atoms with Gasteiger partial charge in [0.15, 0.2) is 4.34 Å². The molecule has 0 fully saturated rings. The average molecular weight is 284 g/mol. The molecule has 0 spiro atoms. The maximum absolute atomic E-state index is 13.3. The van der Waals surface area contributed by atoms with Crippen molar-refractivity contribution in [3.63, 3.8) is 0 Å². The number of carbonyl (C=O) groups is 1. The van der Waals surface area contributed by atoms with E-state index in [0.29, 0.717) is 10.0 Å². The lowest BCUT2D eigenvalue weighted by Gasteiger charge is -2.06. The summed E-state index contributed by atoms with van der Waals surface area (Å²) in [5.41, 5.74) is 5.99. The quantitative estimate of drug-likeness (QED) is 0.663. The first-order chi connectivity index (χ1) is 8.65. The molecule has 0 radical (unpaired) electrons. The number of anilines is 2. The molecule has 0 aliphatic heterocycles. The predicted molar refractivity (Wildman–Crippen MR) is 70.1 cm³/mol. The number of rotatable bonds is 4. The molecule has 5 nitrogen and oxygen atoms in total. The molecule has 0 saturated carbocycles. The van der Waals surface area contributed by atoms with E-state index in [1.165, 1.54) is 47.8 Å². The van der Waals surface area contributed by atoms with Gasteiger partial charge in [-0.15, -0.1) is 0 Å². The minimum atomic E-state index is -0.515. The van der Waals surface area contributed by atoms with Crippen molar-refractivity contribution in [3.8, 4) is 0 Å². The molecular formula is C10H9FN4OS2. The Morgan fingerprint density at radius 3 is 3.11 bits per heavy atom. The van der Waals surface area contributed by atoms with Crippen LogP contribution in [0.3, 0.4) is 0 Å². The average Bonchev–Trinajstić information content (AvgIpc) is 2.84. The van der Waals surface area contributed by atoms with Crippen molar-refractivity contribution in [2.75, 3.05) is 16.8 Å². The second-order valence-corrected chi connectivity index (χ2v) is 5.29. The van der Waals surface area contributed by atoms with Crippen LogP contribution >= 0.6 is 23.3 Å². The summed E-state index contributed by atoms with van der Waals surface area (Å²) in [6.45, 7) is 0. The zero-order valence-electron chi connectivity index (χ0n) is 9.09. The Morgan fingerprint density at radius 1 is 1.56 bits per heavy atom. The monoisotopic (exact) mass is 284 g/mol. The summed E-state index contributed by atoms with van der Waals surface area (Å²) in [6, 6.07) is 4.02. The van der Waals surface area contributed by atoms with E-state index in [0.717, 1.165) is 0 Å². The number of halogens is 1. The van der Waals surface area contributed by atoms with Gasteiger partial charge in [0.1, 0.15) is 12.1 Å². The number of nitrogens with two attached hydrogens (primary N) is 1. The van der Waals surface area contributed by atoms with E-state index in [1.807, 2.05) is 0 Å². The number of benzene rings is 1. The van der Waals surface area contributed by atoms with E-state index in [4.69, 9.17) is 5.73 Å². The lowest BCUT2D eigenvalue weighted by molar-refractivity contribution is -0.113. The smallest absolute Gasteiger partial charge is 0.234 e. The maximum Gasteiger partial charge on any atom is 0.234 e. The molecule has 0 aliphatic carbocycles. The van der Waals surface area contributed by atoms with Crippen LogP contribution in [0.1, 0.15) is 0 Å². The standard InChI is InChI=1S/C10H9FN4OS2/c11-7-2-1-6(12)3-8(7)15-9(16)4-17-10-13-5-14-18-10/h1-3,5H,4,12H2,(H,15,16). The number of carbonyl (C=O) groups excluding carboxylic acids is 1. The fourth-order valence-electron chi connectivity index (χ4n) is 1.18. The lowest BCUT2D eigenvalue weighted by atomic mass is 10.2. The topological polar surface area (TPSA) is 80.9 Å². The first-order valence-corrected chi connectivity index (χ1v) is 6.65. The molecule has 1 aromatic carbocycles. The summed E-state index contributed by atoms with van der Waals surface area (Å²) < 4.78 is 17.9. The van der Waals surface area contributed by atoms with Crippen LogP contribution in [-0.4, -0.2) is 21.0 Å². The summed E-state index contributed by atoms with van der Waals surface area (Å²) in [5.74, 6) is -0.693. The molecule has 0 bridgehead atoms. The van der Waals surface area contributed by atoms with Crippen molar-refractivity contribution < 1.29 is 9.18 Å². The molecule has 8 heteroatoms. The van der Waals surface area contributed by atoms with Gasteiger partial charge in [-0.2, -0.15) is 4.37 Å². The molecule has 1 aromatic heterocycles. The molecular weight excluding hydrogens is 275 g/mol. The minimum absolute atomic E-state index is 0.0814. The third-order valence-corrected chi connectivity index (χ3v) is 3.73. The van der Waals surface area contributed by atoms with Crippen molar-refractivity contribution >= 4 is 40.6 Å². The molecule has 2 rings (SSSR count). The van der Waals surface area contributed by atoms with Crippen LogP contribution in [0.5, 0.6) is 0 Å². The number of hydrogen-bond acceptors (Lipinski definition) is 6. The van der Waals surface area contributed by atoms with Crippen molar-refractivity contribution in [2.45, 2.75) is 4.34 Å². The summed E-state index contributed by atoms with van der Waals surface area (Å²) in [7, 11) is 0. The van der Waals surface area contributed by atoms with Crippen LogP contribution in [0.2, 0.25) is 0 Å². The SMILES string of the molecule is Nc1ccc(F)c(NC(=O)CSc2ncns2)c1. The second-order valence-electron chi connectivity index (χ2n) is 3.28. The van der Waals surface area contributed by atoms with Crippen LogP contribution in [-0.2, 0) is 4.79 Å². The first-order valence-electron chi connectivity index (χ1n) is 4.89. The Kier molecular flexibility index (Phi) is 4.11. The Labute approximate surface area is 111 Å². The fraction of sp³-hybridized carbons (Fsp3) is 0.100. The number of hydrogen-bond donors (Lipinski definition) is 2. The molecule has 18 heavy (non-hydrogen) atoms. The van der Waals surface area contributed by atoms with Crippen LogP contribution in [0.4, 0.5) is 15.8 Å². The molecule has 0 unspecified atom stereocenters. The minimum Gasteiger partial charge on any atom is -0.399 e. The lowest BCUT2D eigenvalue weighted by Crippen LogP contribution is -2.15. The fourth-order valence-corrected chi connectivity index (χ4v) is 2.42. The van der Waals surface area contributed by atoms with Gasteiger partial charge in [0, 0.05) is 5.69 Å². The van der Waals surface area contributed by atoms with E-state index in [-0.39, 0.29) is 17.3 Å². The van der Waals surface area contributed by atoms with E-state index in [1.54, 1.807) is 0 Å². The number of thioether (sulfide) groups is 1. The number of nitrogens with zero attached hydrogens (tertiary/aromatic N) is 2. The van der Waals surface area contributed by atoms with Crippen LogP contribution in [0.25, 0.3) is 0 Å². The van der Waals surface area contributed by atoms with Gasteiger partial charge in [0.2, 0.25) is 5.91 Å². The first kappa shape index (κ1) is 12.8. The third kappa shape index (κ3) is 3.41. The predicted octanol–water partition coefficient (Wildman–Crippen LogP) is 1.99. The van der Waals surface area contributed by atoms with Gasteiger partial charge in [0.25, 0.3) is 0 Å². The molecule has 1 amide bonds. The number of nitrogen functional groups attached to an aromatic ring is 1. The van der Waals surface area contributed by atoms with Crippen LogP contribution in [0.15, 0.2) is 28.9 Å². The summed E-state index contributed by atoms with van der Waals surface area (Å²) >= 11 is 2.45. The second kappa shape index (κ2) is 5.78. The highest BCUT2D eigenvalue weighted by atomic mass is 32.2.